The van der Waals surface area contributed by atoms with Crippen molar-refractivity contribution in [1.82, 2.24) is 9.97 Å². The van der Waals surface area contributed by atoms with Gasteiger partial charge in [0.2, 0.25) is 0 Å². The number of nitrogens with two attached hydrogens (primary N) is 1. The van der Waals surface area contributed by atoms with E-state index < -0.39 is 0 Å². The number of rotatable bonds is 9. The number of nitrogens with zero attached hydrogens (tertiary/aromatic N) is 3. The number of nitrogen functional groups attached to an aromatic ring is 1. The maximum absolute atomic E-state index is 9.29. The normalized spacial score (nSPS) is 10.9. The number of hydrazine groups is 1. The summed E-state index contributed by atoms with van der Waals surface area (Å²) in [6, 6.07) is 2.10. The molecular formula is C13H25N5O2. The molecule has 0 aliphatic heterocycles. The first-order valence-corrected chi connectivity index (χ1v) is 6.91. The van der Waals surface area contributed by atoms with Crippen LogP contribution in [0.15, 0.2) is 6.07 Å². The molecule has 0 aliphatic rings. The monoisotopic (exact) mass is 283 g/mol. The van der Waals surface area contributed by atoms with Crippen molar-refractivity contribution in [2.75, 3.05) is 30.6 Å². The molecule has 7 heteroatoms. The fourth-order valence-corrected chi connectivity index (χ4v) is 2.22. The van der Waals surface area contributed by atoms with Crippen LogP contribution in [-0.4, -0.2) is 41.4 Å². The van der Waals surface area contributed by atoms with Crippen LogP contribution in [0.1, 0.15) is 32.5 Å². The second kappa shape index (κ2) is 8.68. The van der Waals surface area contributed by atoms with Crippen molar-refractivity contribution in [3.05, 3.63) is 11.9 Å². The van der Waals surface area contributed by atoms with E-state index in [1.807, 2.05) is 0 Å². The number of methoxy groups -OCH3 is 1. The van der Waals surface area contributed by atoms with E-state index in [2.05, 4.69) is 34.1 Å². The first kappa shape index (κ1) is 16.6. The van der Waals surface area contributed by atoms with Crippen LogP contribution in [0.2, 0.25) is 0 Å². The highest BCUT2D eigenvalue weighted by Crippen LogP contribution is 2.21. The number of aromatic nitrogens is 2. The minimum absolute atomic E-state index is 0.0749. The van der Waals surface area contributed by atoms with Gasteiger partial charge in [-0.3, -0.25) is 0 Å². The summed E-state index contributed by atoms with van der Waals surface area (Å²) in [4.78, 5) is 10.8. The van der Waals surface area contributed by atoms with E-state index in [0.717, 1.165) is 18.7 Å². The van der Waals surface area contributed by atoms with E-state index in [-0.39, 0.29) is 6.61 Å². The number of nitrogens with one attached hydrogen (secondary N) is 1. The van der Waals surface area contributed by atoms with Crippen molar-refractivity contribution < 1.29 is 9.84 Å². The number of ether oxygens (including phenoxy) is 1. The smallest absolute Gasteiger partial charge is 0.158 e. The molecule has 0 saturated carbocycles. The van der Waals surface area contributed by atoms with Crippen LogP contribution in [0.4, 0.5) is 11.6 Å². The Balaban J connectivity index is 3.13. The van der Waals surface area contributed by atoms with Gasteiger partial charge in [-0.1, -0.05) is 13.8 Å². The second-order valence-corrected chi connectivity index (χ2v) is 4.49. The Bertz CT molecular complexity index is 398. The Hall–Kier alpha value is -1.44. The molecule has 0 bridgehead atoms. The number of aliphatic hydroxyl groups excluding tert-OH is 1. The molecule has 1 aromatic rings. The van der Waals surface area contributed by atoms with Crippen molar-refractivity contribution in [2.45, 2.75) is 39.3 Å². The predicted molar refractivity (Wildman–Crippen MR) is 79.4 cm³/mol. The maximum atomic E-state index is 9.29. The van der Waals surface area contributed by atoms with Crippen LogP contribution < -0.4 is 16.2 Å². The Morgan fingerprint density at radius 2 is 2.10 bits per heavy atom. The average Bonchev–Trinajstić information content (AvgIpc) is 2.47. The van der Waals surface area contributed by atoms with Gasteiger partial charge in [-0.25, -0.2) is 15.8 Å². The van der Waals surface area contributed by atoms with Crippen LogP contribution in [0.3, 0.4) is 0 Å². The standard InChI is InChI=1S/C13H25N5O2/c1-4-10(5-2)18(6-7-19)13-8-11(17-14)15-12(16-13)9-20-3/h8,10,19H,4-7,9,14H2,1-3H3,(H,15,16,17). The molecule has 20 heavy (non-hydrogen) atoms. The summed E-state index contributed by atoms with van der Waals surface area (Å²) in [7, 11) is 1.60. The molecule has 4 N–H and O–H groups in total. The average molecular weight is 283 g/mol. The van der Waals surface area contributed by atoms with E-state index in [9.17, 15) is 5.11 Å². The SMILES string of the molecule is CCC(CC)N(CCO)c1cc(NN)nc(COC)n1. The third-order valence-electron chi connectivity index (χ3n) is 3.20. The molecule has 0 amide bonds. The molecule has 0 aliphatic carbocycles. The molecule has 1 heterocycles. The summed E-state index contributed by atoms with van der Waals surface area (Å²) in [5.41, 5.74) is 2.54. The fraction of sp³-hybridized carbons (Fsp3) is 0.692. The largest absolute Gasteiger partial charge is 0.395 e. The summed E-state index contributed by atoms with van der Waals surface area (Å²) in [5.74, 6) is 7.30. The quantitative estimate of drug-likeness (QED) is 0.457. The molecule has 0 aromatic carbocycles. The van der Waals surface area contributed by atoms with Gasteiger partial charge in [0.15, 0.2) is 5.82 Å². The van der Waals surface area contributed by atoms with Crippen molar-refractivity contribution >= 4 is 11.6 Å². The zero-order valence-electron chi connectivity index (χ0n) is 12.5. The van der Waals surface area contributed by atoms with Crippen LogP contribution in [0.25, 0.3) is 0 Å². The first-order valence-electron chi connectivity index (χ1n) is 6.91. The second-order valence-electron chi connectivity index (χ2n) is 4.49. The lowest BCUT2D eigenvalue weighted by molar-refractivity contribution is 0.178. The minimum Gasteiger partial charge on any atom is -0.395 e. The Labute approximate surface area is 120 Å². The van der Waals surface area contributed by atoms with E-state index in [1.54, 1.807) is 13.2 Å². The lowest BCUT2D eigenvalue weighted by Crippen LogP contribution is -2.37. The lowest BCUT2D eigenvalue weighted by atomic mass is 10.1. The Kier molecular flexibility index (Phi) is 7.21. The molecule has 0 unspecified atom stereocenters. The van der Waals surface area contributed by atoms with E-state index in [1.165, 1.54) is 0 Å². The predicted octanol–water partition coefficient (Wildman–Crippen LogP) is 0.896. The molecule has 0 saturated heterocycles. The van der Waals surface area contributed by atoms with Gasteiger partial charge in [-0.05, 0) is 12.8 Å². The van der Waals surface area contributed by atoms with Crippen molar-refractivity contribution in [2.24, 2.45) is 5.84 Å². The van der Waals surface area contributed by atoms with Gasteiger partial charge < -0.3 is 20.2 Å². The molecule has 0 radical (unpaired) electrons. The van der Waals surface area contributed by atoms with Gasteiger partial charge in [0.05, 0.1) is 6.61 Å². The molecule has 1 aromatic heterocycles. The van der Waals surface area contributed by atoms with Gasteiger partial charge in [-0.2, -0.15) is 0 Å². The summed E-state index contributed by atoms with van der Waals surface area (Å²) < 4.78 is 5.07. The topological polar surface area (TPSA) is 96.5 Å². The number of aliphatic hydroxyl groups is 1. The molecule has 7 nitrogen and oxygen atoms in total. The van der Waals surface area contributed by atoms with Crippen LogP contribution in [0, 0.1) is 0 Å². The third kappa shape index (κ3) is 4.29. The van der Waals surface area contributed by atoms with Gasteiger partial charge >= 0.3 is 0 Å². The molecule has 1 rings (SSSR count). The number of anilines is 2. The van der Waals surface area contributed by atoms with Crippen LogP contribution in [0.5, 0.6) is 0 Å². The first-order chi connectivity index (χ1) is 9.69. The summed E-state index contributed by atoms with van der Waals surface area (Å²) in [6.45, 7) is 5.17. The Morgan fingerprint density at radius 3 is 2.60 bits per heavy atom. The highest BCUT2D eigenvalue weighted by molar-refractivity contribution is 5.49. The lowest BCUT2D eigenvalue weighted by Gasteiger charge is -2.31. The zero-order valence-corrected chi connectivity index (χ0v) is 12.5. The summed E-state index contributed by atoms with van der Waals surface area (Å²) in [6.07, 6.45) is 1.96. The molecule has 114 valence electrons. The molecule has 0 fully saturated rings. The maximum Gasteiger partial charge on any atom is 0.158 e. The van der Waals surface area contributed by atoms with Crippen LogP contribution in [-0.2, 0) is 11.3 Å². The highest BCUT2D eigenvalue weighted by Gasteiger charge is 2.18. The zero-order chi connectivity index (χ0) is 15.0. The summed E-state index contributed by atoms with van der Waals surface area (Å²) >= 11 is 0. The Morgan fingerprint density at radius 1 is 1.40 bits per heavy atom. The fourth-order valence-electron chi connectivity index (χ4n) is 2.22. The molecule has 0 atom stereocenters. The van der Waals surface area contributed by atoms with Crippen molar-refractivity contribution in [1.29, 1.82) is 0 Å². The van der Waals surface area contributed by atoms with E-state index in [4.69, 9.17) is 10.6 Å². The van der Waals surface area contributed by atoms with E-state index >= 15 is 0 Å². The van der Waals surface area contributed by atoms with Crippen LogP contribution >= 0.6 is 0 Å². The highest BCUT2D eigenvalue weighted by atomic mass is 16.5. The van der Waals surface area contributed by atoms with Gasteiger partial charge in [0.1, 0.15) is 18.2 Å². The van der Waals surface area contributed by atoms with Gasteiger partial charge in [0, 0.05) is 25.8 Å². The van der Waals surface area contributed by atoms with Crippen molar-refractivity contribution in [3.8, 4) is 0 Å². The van der Waals surface area contributed by atoms with Gasteiger partial charge in [0.25, 0.3) is 0 Å². The number of hydrogen-bond donors (Lipinski definition) is 3. The minimum atomic E-state index is 0.0749. The summed E-state index contributed by atoms with van der Waals surface area (Å²) in [5, 5.41) is 9.29. The van der Waals surface area contributed by atoms with Gasteiger partial charge in [-0.15, -0.1) is 0 Å². The molecular weight excluding hydrogens is 258 g/mol. The van der Waals surface area contributed by atoms with E-state index in [0.29, 0.717) is 30.8 Å². The third-order valence-corrected chi connectivity index (χ3v) is 3.20. The van der Waals surface area contributed by atoms with Crippen molar-refractivity contribution in [3.63, 3.8) is 0 Å². The number of hydrogen-bond acceptors (Lipinski definition) is 7. The molecule has 0 spiro atoms.